The van der Waals surface area contributed by atoms with Gasteiger partial charge in [0.1, 0.15) is 6.04 Å². The van der Waals surface area contributed by atoms with E-state index in [0.717, 1.165) is 0 Å². The van der Waals surface area contributed by atoms with Crippen LogP contribution in [0, 0.1) is 0 Å². The molecule has 1 rings (SSSR count). The van der Waals surface area contributed by atoms with Gasteiger partial charge in [0, 0.05) is 24.6 Å². The van der Waals surface area contributed by atoms with Gasteiger partial charge in [-0.1, -0.05) is 0 Å². The number of nitrogens with one attached hydrogen (secondary N) is 1. The summed E-state index contributed by atoms with van der Waals surface area (Å²) in [5, 5.41) is 11.4. The Morgan fingerprint density at radius 2 is 2.33 bits per heavy atom. The van der Waals surface area contributed by atoms with Crippen molar-refractivity contribution in [2.75, 3.05) is 5.75 Å². The summed E-state index contributed by atoms with van der Waals surface area (Å²) >= 11 is 6.97. The first kappa shape index (κ1) is 14.7. The zero-order valence-electron chi connectivity index (χ0n) is 9.59. The maximum atomic E-state index is 10.9. The first-order valence-electron chi connectivity index (χ1n) is 5.04. The molecule has 0 bridgehead atoms. The summed E-state index contributed by atoms with van der Waals surface area (Å²) in [6.07, 6.45) is 1.54. The van der Waals surface area contributed by atoms with Gasteiger partial charge in [-0.25, -0.2) is 14.8 Å². The highest BCUT2D eigenvalue weighted by atomic mass is 35.5. The molecule has 1 aromatic heterocycles. The molecule has 1 aromatic rings. The van der Waals surface area contributed by atoms with Crippen LogP contribution in [0.15, 0.2) is 12.3 Å². The smallest absolute Gasteiger partial charge is 0.327 e. The Morgan fingerprint density at radius 1 is 1.61 bits per heavy atom. The molecule has 6 nitrogen and oxygen atoms in total. The van der Waals surface area contributed by atoms with E-state index in [1.165, 1.54) is 24.9 Å². The third-order valence-corrected chi connectivity index (χ3v) is 3.14. The van der Waals surface area contributed by atoms with Crippen LogP contribution in [-0.4, -0.2) is 38.7 Å². The van der Waals surface area contributed by atoms with Crippen molar-refractivity contribution in [3.63, 3.8) is 0 Å². The van der Waals surface area contributed by atoms with Gasteiger partial charge < -0.3 is 10.4 Å². The van der Waals surface area contributed by atoms with Crippen molar-refractivity contribution >= 4 is 35.2 Å². The van der Waals surface area contributed by atoms with Crippen molar-refractivity contribution < 1.29 is 14.7 Å². The summed E-state index contributed by atoms with van der Waals surface area (Å²) in [6.45, 7) is 1.28. The normalized spacial score (nSPS) is 11.9. The molecule has 1 heterocycles. The number of carboxylic acid groups (broad SMARTS) is 1. The summed E-state index contributed by atoms with van der Waals surface area (Å²) in [5.74, 6) is -0.659. The van der Waals surface area contributed by atoms with E-state index in [1.54, 1.807) is 6.07 Å². The van der Waals surface area contributed by atoms with Crippen LogP contribution >= 0.6 is 23.4 Å². The highest BCUT2D eigenvalue weighted by molar-refractivity contribution is 7.98. The van der Waals surface area contributed by atoms with Crippen LogP contribution in [0.25, 0.3) is 0 Å². The van der Waals surface area contributed by atoms with E-state index in [1.807, 2.05) is 0 Å². The van der Waals surface area contributed by atoms with Gasteiger partial charge in [0.05, 0.1) is 5.69 Å². The topological polar surface area (TPSA) is 92.2 Å². The van der Waals surface area contributed by atoms with Crippen molar-refractivity contribution in [3.05, 3.63) is 23.2 Å². The molecule has 0 aliphatic heterocycles. The van der Waals surface area contributed by atoms with Gasteiger partial charge in [0.25, 0.3) is 0 Å². The molecule has 0 saturated carbocycles. The molecule has 0 fully saturated rings. The third-order valence-electron chi connectivity index (χ3n) is 1.89. The molecular weight excluding hydrogens is 278 g/mol. The summed E-state index contributed by atoms with van der Waals surface area (Å²) in [4.78, 5) is 29.4. The molecule has 0 aliphatic carbocycles. The van der Waals surface area contributed by atoms with Crippen LogP contribution < -0.4 is 5.32 Å². The Kier molecular flexibility index (Phi) is 5.87. The summed E-state index contributed by atoms with van der Waals surface area (Å²) in [6, 6.07) is 0.803. The van der Waals surface area contributed by atoms with E-state index in [9.17, 15) is 9.59 Å². The first-order valence-corrected chi connectivity index (χ1v) is 6.57. The SMILES string of the molecule is CC(=O)N[C@@H](CSCc1ccnc(Cl)n1)C(=O)O. The minimum Gasteiger partial charge on any atom is -0.480 e. The highest BCUT2D eigenvalue weighted by Gasteiger charge is 2.18. The van der Waals surface area contributed by atoms with Crippen molar-refractivity contribution in [2.24, 2.45) is 0 Å². The fourth-order valence-corrected chi connectivity index (χ4v) is 2.27. The van der Waals surface area contributed by atoms with Crippen LogP contribution in [0.3, 0.4) is 0 Å². The second-order valence-corrected chi connectivity index (χ2v) is 4.79. The van der Waals surface area contributed by atoms with Gasteiger partial charge in [-0.15, -0.1) is 0 Å². The summed E-state index contributed by atoms with van der Waals surface area (Å²) in [5.41, 5.74) is 0.715. The number of carbonyl (C=O) groups is 2. The van der Waals surface area contributed by atoms with E-state index in [4.69, 9.17) is 16.7 Å². The molecule has 1 atom stereocenters. The van der Waals surface area contributed by atoms with Crippen LogP contribution in [0.2, 0.25) is 5.28 Å². The average Bonchev–Trinajstić information content (AvgIpc) is 2.27. The zero-order valence-corrected chi connectivity index (χ0v) is 11.2. The fraction of sp³-hybridized carbons (Fsp3) is 0.400. The maximum Gasteiger partial charge on any atom is 0.327 e. The minimum absolute atomic E-state index is 0.157. The number of aromatic nitrogens is 2. The Hall–Kier alpha value is -1.34. The third kappa shape index (κ3) is 5.33. The van der Waals surface area contributed by atoms with Gasteiger partial charge in [0.15, 0.2) is 0 Å². The lowest BCUT2D eigenvalue weighted by atomic mass is 10.3. The predicted octanol–water partition coefficient (Wildman–Crippen LogP) is 0.953. The minimum atomic E-state index is -1.06. The Bertz CT molecular complexity index is 444. The van der Waals surface area contributed by atoms with Crippen LogP contribution in [0.5, 0.6) is 0 Å². The molecule has 0 spiro atoms. The highest BCUT2D eigenvalue weighted by Crippen LogP contribution is 2.12. The average molecular weight is 290 g/mol. The number of nitrogens with zero attached hydrogens (tertiary/aromatic N) is 2. The standard InChI is InChI=1S/C10H12ClN3O3S/c1-6(15)13-8(9(16)17)5-18-4-7-2-3-12-10(11)14-7/h2-3,8H,4-5H2,1H3,(H,13,15)(H,16,17)/t8-/m0/s1. The number of carboxylic acids is 1. The number of carbonyl (C=O) groups excluding carboxylic acids is 1. The van der Waals surface area contributed by atoms with Crippen molar-refractivity contribution in [1.82, 2.24) is 15.3 Å². The van der Waals surface area contributed by atoms with E-state index < -0.39 is 12.0 Å². The number of rotatable bonds is 6. The summed E-state index contributed by atoms with van der Waals surface area (Å²) < 4.78 is 0. The van der Waals surface area contributed by atoms with Crippen molar-refractivity contribution in [2.45, 2.75) is 18.7 Å². The lowest BCUT2D eigenvalue weighted by Crippen LogP contribution is -2.41. The Morgan fingerprint density at radius 3 is 2.89 bits per heavy atom. The zero-order chi connectivity index (χ0) is 13.5. The van der Waals surface area contributed by atoms with Crippen molar-refractivity contribution in [3.8, 4) is 0 Å². The molecule has 2 N–H and O–H groups in total. The largest absolute Gasteiger partial charge is 0.480 e. The van der Waals surface area contributed by atoms with Gasteiger partial charge >= 0.3 is 5.97 Å². The Balaban J connectivity index is 2.43. The number of halogens is 1. The number of hydrogen-bond acceptors (Lipinski definition) is 5. The Labute approximate surface area is 113 Å². The van der Waals surface area contributed by atoms with E-state index >= 15 is 0 Å². The maximum absolute atomic E-state index is 10.9. The molecule has 0 aliphatic rings. The quantitative estimate of drug-likeness (QED) is 0.758. The molecule has 0 radical (unpaired) electrons. The van der Waals surface area contributed by atoms with Gasteiger partial charge in [-0.2, -0.15) is 11.8 Å². The molecule has 1 amide bonds. The molecule has 0 unspecified atom stereocenters. The molecule has 0 aromatic carbocycles. The van der Waals surface area contributed by atoms with Gasteiger partial charge in [0.2, 0.25) is 11.2 Å². The lowest BCUT2D eigenvalue weighted by molar-refractivity contribution is -0.140. The van der Waals surface area contributed by atoms with Crippen LogP contribution in [0.1, 0.15) is 12.6 Å². The number of amides is 1. The molecule has 0 saturated heterocycles. The number of thioether (sulfide) groups is 1. The van der Waals surface area contributed by atoms with Gasteiger partial charge in [-0.3, -0.25) is 4.79 Å². The fourth-order valence-electron chi connectivity index (χ4n) is 1.15. The molecular formula is C10H12ClN3O3S. The van der Waals surface area contributed by atoms with Crippen LogP contribution in [0.4, 0.5) is 0 Å². The number of hydrogen-bond donors (Lipinski definition) is 2. The predicted molar refractivity (Wildman–Crippen MR) is 68.4 cm³/mol. The van der Waals surface area contributed by atoms with Gasteiger partial charge in [-0.05, 0) is 17.7 Å². The second kappa shape index (κ2) is 7.17. The first-order chi connectivity index (χ1) is 8.49. The molecule has 8 heteroatoms. The second-order valence-electron chi connectivity index (χ2n) is 3.42. The molecule has 98 valence electrons. The van der Waals surface area contributed by atoms with Crippen molar-refractivity contribution in [1.29, 1.82) is 0 Å². The van der Waals surface area contributed by atoms with E-state index in [0.29, 0.717) is 11.4 Å². The van der Waals surface area contributed by atoms with E-state index in [2.05, 4.69) is 15.3 Å². The molecule has 18 heavy (non-hydrogen) atoms. The monoisotopic (exact) mass is 289 g/mol. The van der Waals surface area contributed by atoms with E-state index in [-0.39, 0.29) is 16.9 Å². The number of aliphatic carboxylic acids is 1. The van der Waals surface area contributed by atoms with Crippen LogP contribution in [-0.2, 0) is 15.3 Å². The summed E-state index contributed by atoms with van der Waals surface area (Å²) in [7, 11) is 0. The lowest BCUT2D eigenvalue weighted by Gasteiger charge is -2.12.